The average molecular weight is 365 g/mol. The Morgan fingerprint density at radius 2 is 1.67 bits per heavy atom. The molecule has 0 bridgehead atoms. The summed E-state index contributed by atoms with van der Waals surface area (Å²) in [6.45, 7) is 3.95. The number of nitrogens with zero attached hydrogens (tertiary/aromatic N) is 2. The number of rotatable bonds is 4. The lowest BCUT2D eigenvalue weighted by atomic mass is 9.90. The zero-order chi connectivity index (χ0) is 18.5. The Kier molecular flexibility index (Phi) is 5.71. The molecule has 4 rings (SSSR count). The zero-order valence-corrected chi connectivity index (χ0v) is 16.1. The summed E-state index contributed by atoms with van der Waals surface area (Å²) in [7, 11) is 0. The molecule has 2 saturated heterocycles. The molecule has 2 aromatic rings. The number of carbonyl (C=O) groups excluding carboxylic acids is 1. The molecule has 3 heterocycles. The van der Waals surface area contributed by atoms with E-state index in [1.165, 1.54) is 31.2 Å². The molecular weight excluding hydrogens is 334 g/mol. The summed E-state index contributed by atoms with van der Waals surface area (Å²) in [4.78, 5) is 20.4. The highest BCUT2D eigenvalue weighted by molar-refractivity contribution is 5.93. The summed E-state index contributed by atoms with van der Waals surface area (Å²) in [5, 5.41) is 0. The largest absolute Gasteiger partial charge is 0.339 e. The van der Waals surface area contributed by atoms with Crippen LogP contribution in [-0.2, 0) is 6.42 Å². The van der Waals surface area contributed by atoms with Crippen LogP contribution in [0.2, 0.25) is 0 Å². The average Bonchev–Trinajstić information content (AvgIpc) is 2.75. The van der Waals surface area contributed by atoms with E-state index in [0.29, 0.717) is 0 Å². The minimum atomic E-state index is 0.166. The first-order valence-electron chi connectivity index (χ1n) is 10.4. The van der Waals surface area contributed by atoms with Crippen molar-refractivity contribution in [2.75, 3.05) is 31.1 Å². The molecule has 2 fully saturated rings. The molecule has 4 heteroatoms. The van der Waals surface area contributed by atoms with Gasteiger partial charge in [-0.15, -0.1) is 0 Å². The van der Waals surface area contributed by atoms with Crippen LogP contribution in [0.1, 0.15) is 48.0 Å². The van der Waals surface area contributed by atoms with E-state index in [-0.39, 0.29) is 5.91 Å². The van der Waals surface area contributed by atoms with Crippen LogP contribution in [0.4, 0.5) is 5.82 Å². The molecular formula is C23H30N3O+. The molecule has 4 nitrogen and oxygen atoms in total. The monoisotopic (exact) mass is 364 g/mol. The predicted molar refractivity (Wildman–Crippen MR) is 108 cm³/mol. The van der Waals surface area contributed by atoms with Crippen LogP contribution in [0.3, 0.4) is 0 Å². The number of pyridine rings is 1. The lowest BCUT2D eigenvalue weighted by Crippen LogP contribution is -2.38. The van der Waals surface area contributed by atoms with Gasteiger partial charge in [-0.2, -0.15) is 0 Å². The summed E-state index contributed by atoms with van der Waals surface area (Å²) in [6, 6.07) is 14.9. The fraction of sp³-hybridized carbons (Fsp3) is 0.478. The highest BCUT2D eigenvalue weighted by atomic mass is 16.2. The van der Waals surface area contributed by atoms with Gasteiger partial charge < -0.3 is 4.90 Å². The number of likely N-dealkylation sites (tertiary alicyclic amines) is 1. The van der Waals surface area contributed by atoms with E-state index < -0.39 is 0 Å². The van der Waals surface area contributed by atoms with Crippen LogP contribution < -0.4 is 9.88 Å². The van der Waals surface area contributed by atoms with Gasteiger partial charge in [0.25, 0.3) is 11.7 Å². The molecule has 0 saturated carbocycles. The van der Waals surface area contributed by atoms with E-state index in [2.05, 4.69) is 46.3 Å². The molecule has 0 atom stereocenters. The maximum absolute atomic E-state index is 12.6. The fourth-order valence-corrected chi connectivity index (χ4v) is 4.35. The molecule has 0 radical (unpaired) electrons. The van der Waals surface area contributed by atoms with Crippen molar-refractivity contribution >= 4 is 11.7 Å². The van der Waals surface area contributed by atoms with E-state index >= 15 is 0 Å². The molecule has 2 aliphatic rings. The summed E-state index contributed by atoms with van der Waals surface area (Å²) < 4.78 is 0. The van der Waals surface area contributed by atoms with Gasteiger partial charge in [-0.05, 0) is 56.1 Å². The van der Waals surface area contributed by atoms with Gasteiger partial charge in [-0.25, -0.2) is 4.98 Å². The predicted octanol–water partition coefficient (Wildman–Crippen LogP) is 3.59. The number of hydrogen-bond donors (Lipinski definition) is 0. The van der Waals surface area contributed by atoms with Crippen LogP contribution >= 0.6 is 0 Å². The molecule has 1 amide bonds. The van der Waals surface area contributed by atoms with Crippen molar-refractivity contribution in [2.45, 2.75) is 38.5 Å². The number of anilines is 1. The number of hydrogen-bond acceptors (Lipinski definition) is 2. The third-order valence-corrected chi connectivity index (χ3v) is 6.01. The zero-order valence-electron chi connectivity index (χ0n) is 16.1. The van der Waals surface area contributed by atoms with Crippen molar-refractivity contribution in [3.63, 3.8) is 0 Å². The number of carbonyl (C=O) groups is 1. The Balaban J connectivity index is 1.31. The van der Waals surface area contributed by atoms with Crippen molar-refractivity contribution in [1.29, 1.82) is 0 Å². The summed E-state index contributed by atoms with van der Waals surface area (Å²) in [6.07, 6.45) is 9.02. The van der Waals surface area contributed by atoms with E-state index in [1.54, 1.807) is 0 Å². The van der Waals surface area contributed by atoms with Gasteiger partial charge in [0.2, 0.25) is 0 Å². The molecule has 1 aromatic carbocycles. The molecule has 0 spiro atoms. The maximum atomic E-state index is 12.6. The summed E-state index contributed by atoms with van der Waals surface area (Å²) in [5.41, 5.74) is 2.22. The highest BCUT2D eigenvalue weighted by Gasteiger charge is 2.26. The van der Waals surface area contributed by atoms with Crippen LogP contribution in [0.25, 0.3) is 0 Å². The standard InChI is InChI=1S/C23H29N3O/c27-23(26-13-5-2-6-14-26)21-9-10-22(24-18-21)25-15-11-20(12-16-25)17-19-7-3-1-4-8-19/h1,3-4,7-10,18,20H,2,5-6,11-17H2/p+1. The molecule has 1 N–H and O–H groups in total. The van der Waals surface area contributed by atoms with Gasteiger partial charge >= 0.3 is 0 Å². The number of benzene rings is 1. The van der Waals surface area contributed by atoms with Gasteiger partial charge in [0, 0.05) is 19.2 Å². The van der Waals surface area contributed by atoms with Crippen molar-refractivity contribution in [1.82, 2.24) is 4.90 Å². The number of aromatic nitrogens is 1. The van der Waals surface area contributed by atoms with E-state index in [9.17, 15) is 4.79 Å². The number of amides is 1. The first-order valence-corrected chi connectivity index (χ1v) is 10.4. The Labute approximate surface area is 162 Å². The molecule has 27 heavy (non-hydrogen) atoms. The molecule has 0 unspecified atom stereocenters. The topological polar surface area (TPSA) is 37.7 Å². The minimum absolute atomic E-state index is 0.166. The SMILES string of the molecule is O=C(c1ccc(N2CCC(Cc3ccccc3)CC2)[nH+]c1)N1CCCCC1. The van der Waals surface area contributed by atoms with Gasteiger partial charge in [0.1, 0.15) is 6.20 Å². The van der Waals surface area contributed by atoms with Crippen LogP contribution in [0.15, 0.2) is 48.7 Å². The second kappa shape index (κ2) is 8.55. The van der Waals surface area contributed by atoms with Crippen molar-refractivity contribution in [3.8, 4) is 0 Å². The second-order valence-electron chi connectivity index (χ2n) is 7.94. The third-order valence-electron chi connectivity index (χ3n) is 6.01. The van der Waals surface area contributed by atoms with Crippen molar-refractivity contribution in [3.05, 3.63) is 59.8 Å². The number of nitrogens with one attached hydrogen (secondary N) is 1. The number of aromatic amines is 1. The first kappa shape index (κ1) is 18.0. The Morgan fingerprint density at radius 1 is 0.926 bits per heavy atom. The Bertz CT molecular complexity index is 730. The number of H-pyrrole nitrogens is 1. The van der Waals surface area contributed by atoms with Crippen LogP contribution in [-0.4, -0.2) is 37.0 Å². The minimum Gasteiger partial charge on any atom is -0.339 e. The highest BCUT2D eigenvalue weighted by Crippen LogP contribution is 2.24. The van der Waals surface area contributed by atoms with Crippen LogP contribution in [0.5, 0.6) is 0 Å². The van der Waals surface area contributed by atoms with Gasteiger partial charge in [0.05, 0.1) is 18.7 Å². The molecule has 1 aromatic heterocycles. The fourth-order valence-electron chi connectivity index (χ4n) is 4.35. The van der Waals surface area contributed by atoms with E-state index in [4.69, 9.17) is 0 Å². The quantitative estimate of drug-likeness (QED) is 0.831. The maximum Gasteiger partial charge on any atom is 0.274 e. The lowest BCUT2D eigenvalue weighted by Gasteiger charge is -2.28. The lowest BCUT2D eigenvalue weighted by molar-refractivity contribution is -0.364. The Hall–Kier alpha value is -2.36. The molecule has 2 aliphatic heterocycles. The molecule has 142 valence electrons. The first-order chi connectivity index (χ1) is 13.3. The number of piperidine rings is 2. The van der Waals surface area contributed by atoms with Crippen molar-refractivity contribution in [2.24, 2.45) is 5.92 Å². The smallest absolute Gasteiger partial charge is 0.274 e. The van der Waals surface area contributed by atoms with Crippen molar-refractivity contribution < 1.29 is 9.78 Å². The van der Waals surface area contributed by atoms with Gasteiger partial charge in [-0.3, -0.25) is 9.69 Å². The summed E-state index contributed by atoms with van der Waals surface area (Å²) >= 11 is 0. The second-order valence-corrected chi connectivity index (χ2v) is 7.94. The van der Waals surface area contributed by atoms with E-state index in [0.717, 1.165) is 56.3 Å². The van der Waals surface area contributed by atoms with Crippen LogP contribution in [0, 0.1) is 5.92 Å². The third kappa shape index (κ3) is 4.49. The molecule has 0 aliphatic carbocycles. The van der Waals surface area contributed by atoms with E-state index in [1.807, 2.05) is 17.2 Å². The van der Waals surface area contributed by atoms with Gasteiger partial charge in [0.15, 0.2) is 0 Å². The normalized spacial score (nSPS) is 18.5. The Morgan fingerprint density at radius 3 is 2.33 bits per heavy atom. The van der Waals surface area contributed by atoms with Gasteiger partial charge in [-0.1, -0.05) is 30.3 Å². The summed E-state index contributed by atoms with van der Waals surface area (Å²) in [5.74, 6) is 2.06.